The lowest BCUT2D eigenvalue weighted by molar-refractivity contribution is 0.730. The second-order valence-corrected chi connectivity index (χ2v) is 6.67. The number of benzene rings is 1. The maximum Gasteiger partial charge on any atom is 0.192 e. The van der Waals surface area contributed by atoms with Crippen LogP contribution in [-0.2, 0) is 12.3 Å². The fourth-order valence-electron chi connectivity index (χ4n) is 2.72. The molecule has 3 heterocycles. The molecular formula is C20H17N5S. The van der Waals surface area contributed by atoms with Crippen LogP contribution in [0, 0.1) is 0 Å². The molecule has 0 unspecified atom stereocenters. The number of aromatic nitrogens is 5. The number of para-hydroxylation sites is 1. The third-order valence-electron chi connectivity index (χ3n) is 3.95. The fraction of sp³-hybridized carbons (Fsp3) is 0.100. The molecule has 0 bridgehead atoms. The minimum absolute atomic E-state index is 0.644. The molecule has 0 saturated heterocycles. The van der Waals surface area contributed by atoms with Gasteiger partial charge < -0.3 is 0 Å². The fourth-order valence-corrected chi connectivity index (χ4v) is 3.58. The van der Waals surface area contributed by atoms with Gasteiger partial charge in [0.05, 0.1) is 11.2 Å². The van der Waals surface area contributed by atoms with Gasteiger partial charge in [0.2, 0.25) is 0 Å². The molecule has 0 fully saturated rings. The van der Waals surface area contributed by atoms with Crippen molar-refractivity contribution in [3.63, 3.8) is 0 Å². The third-order valence-corrected chi connectivity index (χ3v) is 4.95. The monoisotopic (exact) mass is 359 g/mol. The summed E-state index contributed by atoms with van der Waals surface area (Å²) in [5.74, 6) is 1.53. The smallest absolute Gasteiger partial charge is 0.192 e. The van der Waals surface area contributed by atoms with E-state index in [0.717, 1.165) is 38.9 Å². The minimum Gasteiger partial charge on any atom is -0.298 e. The van der Waals surface area contributed by atoms with Gasteiger partial charge in [-0.2, -0.15) is 0 Å². The summed E-state index contributed by atoms with van der Waals surface area (Å²) < 4.78 is 2.05. The molecule has 5 nitrogen and oxygen atoms in total. The van der Waals surface area contributed by atoms with Crippen molar-refractivity contribution in [2.75, 3.05) is 0 Å². The predicted molar refractivity (Wildman–Crippen MR) is 105 cm³/mol. The summed E-state index contributed by atoms with van der Waals surface area (Å²) in [6.45, 7) is 4.49. The Kier molecular flexibility index (Phi) is 4.75. The number of hydrogen-bond acceptors (Lipinski definition) is 5. The SMILES string of the molecule is C=CCn1c(SCc2ccc3ccccc3n2)nnc1-c1cccnc1. The molecule has 26 heavy (non-hydrogen) atoms. The highest BCUT2D eigenvalue weighted by Gasteiger charge is 2.14. The van der Waals surface area contributed by atoms with E-state index in [9.17, 15) is 0 Å². The average molecular weight is 359 g/mol. The van der Waals surface area contributed by atoms with Crippen LogP contribution in [0.4, 0.5) is 0 Å². The van der Waals surface area contributed by atoms with Gasteiger partial charge in [0.15, 0.2) is 11.0 Å². The summed E-state index contributed by atoms with van der Waals surface area (Å²) in [7, 11) is 0. The van der Waals surface area contributed by atoms with Crippen LogP contribution < -0.4 is 0 Å². The lowest BCUT2D eigenvalue weighted by atomic mass is 10.2. The minimum atomic E-state index is 0.644. The first-order valence-corrected chi connectivity index (χ1v) is 9.25. The van der Waals surface area contributed by atoms with Crippen LogP contribution in [0.1, 0.15) is 5.69 Å². The molecule has 0 N–H and O–H groups in total. The molecule has 6 heteroatoms. The molecule has 0 aliphatic rings. The summed E-state index contributed by atoms with van der Waals surface area (Å²) in [5.41, 5.74) is 2.97. The van der Waals surface area contributed by atoms with Crippen molar-refractivity contribution in [2.45, 2.75) is 17.5 Å². The van der Waals surface area contributed by atoms with E-state index in [0.29, 0.717) is 6.54 Å². The quantitative estimate of drug-likeness (QED) is 0.378. The van der Waals surface area contributed by atoms with Gasteiger partial charge in [-0.25, -0.2) is 0 Å². The molecule has 4 rings (SSSR count). The number of allylic oxidation sites excluding steroid dienone is 1. The standard InChI is InChI=1S/C20H17N5S/c1-2-12-25-19(16-7-5-11-21-13-16)23-24-20(25)26-14-17-10-9-15-6-3-4-8-18(15)22-17/h2-11,13H,1,12,14H2. The summed E-state index contributed by atoms with van der Waals surface area (Å²) in [4.78, 5) is 8.89. The van der Waals surface area contributed by atoms with Crippen LogP contribution in [0.25, 0.3) is 22.3 Å². The van der Waals surface area contributed by atoms with E-state index in [1.54, 1.807) is 24.2 Å². The van der Waals surface area contributed by atoms with Gasteiger partial charge in [-0.05, 0) is 24.3 Å². The zero-order valence-corrected chi connectivity index (χ0v) is 14.9. The number of thioether (sulfide) groups is 1. The molecule has 0 saturated carbocycles. The maximum absolute atomic E-state index is 4.72. The molecule has 0 aliphatic carbocycles. The van der Waals surface area contributed by atoms with Crippen LogP contribution in [0.2, 0.25) is 0 Å². The van der Waals surface area contributed by atoms with Crippen LogP contribution >= 0.6 is 11.8 Å². The number of rotatable bonds is 6. The topological polar surface area (TPSA) is 56.5 Å². The number of hydrogen-bond donors (Lipinski definition) is 0. The van der Waals surface area contributed by atoms with Gasteiger partial charge >= 0.3 is 0 Å². The van der Waals surface area contributed by atoms with Gasteiger partial charge in [0.25, 0.3) is 0 Å². The molecule has 0 aliphatic heterocycles. The normalized spacial score (nSPS) is 10.9. The first kappa shape index (κ1) is 16.5. The average Bonchev–Trinajstić information content (AvgIpc) is 3.10. The molecule has 1 aromatic carbocycles. The Morgan fingerprint density at radius 1 is 1.04 bits per heavy atom. The molecule has 0 spiro atoms. The second kappa shape index (κ2) is 7.49. The maximum atomic E-state index is 4.72. The van der Waals surface area contributed by atoms with Gasteiger partial charge in [-0.3, -0.25) is 14.5 Å². The van der Waals surface area contributed by atoms with Crippen molar-refractivity contribution in [3.05, 3.63) is 79.3 Å². The Morgan fingerprint density at radius 3 is 2.81 bits per heavy atom. The van der Waals surface area contributed by atoms with E-state index in [2.05, 4.69) is 44.5 Å². The van der Waals surface area contributed by atoms with E-state index in [1.165, 1.54) is 0 Å². The van der Waals surface area contributed by atoms with E-state index >= 15 is 0 Å². The van der Waals surface area contributed by atoms with Crippen molar-refractivity contribution in [3.8, 4) is 11.4 Å². The zero-order valence-electron chi connectivity index (χ0n) is 14.1. The molecular weight excluding hydrogens is 342 g/mol. The molecule has 4 aromatic rings. The summed E-state index contributed by atoms with van der Waals surface area (Å²) in [6, 6.07) is 16.2. The Labute approximate surface area is 155 Å². The Hall–Kier alpha value is -2.99. The molecule has 3 aromatic heterocycles. The van der Waals surface area contributed by atoms with E-state index < -0.39 is 0 Å². The molecule has 0 amide bonds. The van der Waals surface area contributed by atoms with E-state index in [-0.39, 0.29) is 0 Å². The lowest BCUT2D eigenvalue weighted by Crippen LogP contribution is -2.01. The van der Waals surface area contributed by atoms with Gasteiger partial charge in [-0.15, -0.1) is 16.8 Å². The summed E-state index contributed by atoms with van der Waals surface area (Å²) in [6.07, 6.45) is 5.39. The van der Waals surface area contributed by atoms with Crippen molar-refractivity contribution < 1.29 is 0 Å². The predicted octanol–water partition coefficient (Wildman–Crippen LogP) is 4.37. The summed E-state index contributed by atoms with van der Waals surface area (Å²) >= 11 is 1.62. The van der Waals surface area contributed by atoms with Crippen LogP contribution in [0.15, 0.2) is 78.7 Å². The zero-order chi connectivity index (χ0) is 17.8. The van der Waals surface area contributed by atoms with E-state index in [1.807, 2.05) is 36.4 Å². The largest absolute Gasteiger partial charge is 0.298 e. The van der Waals surface area contributed by atoms with Crippen molar-refractivity contribution in [1.82, 2.24) is 24.7 Å². The van der Waals surface area contributed by atoms with E-state index in [4.69, 9.17) is 4.98 Å². The van der Waals surface area contributed by atoms with Gasteiger partial charge in [0.1, 0.15) is 0 Å². The Morgan fingerprint density at radius 2 is 1.96 bits per heavy atom. The number of pyridine rings is 2. The lowest BCUT2D eigenvalue weighted by Gasteiger charge is -2.07. The molecule has 128 valence electrons. The van der Waals surface area contributed by atoms with Crippen molar-refractivity contribution in [1.29, 1.82) is 0 Å². The Balaban J connectivity index is 1.59. The van der Waals surface area contributed by atoms with Crippen molar-refractivity contribution >= 4 is 22.7 Å². The van der Waals surface area contributed by atoms with Crippen LogP contribution in [0.3, 0.4) is 0 Å². The van der Waals surface area contributed by atoms with Crippen molar-refractivity contribution in [2.24, 2.45) is 0 Å². The first-order valence-electron chi connectivity index (χ1n) is 8.27. The summed E-state index contributed by atoms with van der Waals surface area (Å²) in [5, 5.41) is 10.7. The number of nitrogens with zero attached hydrogens (tertiary/aromatic N) is 5. The highest BCUT2D eigenvalue weighted by atomic mass is 32.2. The van der Waals surface area contributed by atoms with Crippen LogP contribution in [0.5, 0.6) is 0 Å². The highest BCUT2D eigenvalue weighted by molar-refractivity contribution is 7.98. The highest BCUT2D eigenvalue weighted by Crippen LogP contribution is 2.26. The molecule has 0 atom stereocenters. The third kappa shape index (κ3) is 3.36. The van der Waals surface area contributed by atoms with Gasteiger partial charge in [-0.1, -0.05) is 42.1 Å². The van der Waals surface area contributed by atoms with Crippen LogP contribution in [-0.4, -0.2) is 24.7 Å². The Bertz CT molecular complexity index is 1040. The van der Waals surface area contributed by atoms with Gasteiger partial charge in [0, 0.05) is 35.6 Å². The second-order valence-electron chi connectivity index (χ2n) is 5.73. The number of fused-ring (bicyclic) bond motifs is 1. The first-order chi connectivity index (χ1) is 12.8. The molecule has 0 radical (unpaired) electrons.